The second kappa shape index (κ2) is 5.03. The van der Waals surface area contributed by atoms with E-state index in [1.807, 2.05) is 13.8 Å². The zero-order valence-corrected chi connectivity index (χ0v) is 10.7. The van der Waals surface area contributed by atoms with E-state index in [9.17, 15) is 4.79 Å². The average molecular weight is 248 g/mol. The number of carbonyl (C=O) groups is 1. The number of aromatic amines is 1. The smallest absolute Gasteiger partial charge is 0.255 e. The molecule has 2 N–H and O–H groups in total. The molecule has 2 aromatic rings. The Bertz CT molecular complexity index is 537. The summed E-state index contributed by atoms with van der Waals surface area (Å²) in [6.07, 6.45) is 2.47. The third-order valence-electron chi connectivity index (χ3n) is 2.71. The van der Waals surface area contributed by atoms with Gasteiger partial charge in [0.1, 0.15) is 5.76 Å². The van der Waals surface area contributed by atoms with Gasteiger partial charge in [-0.1, -0.05) is 6.92 Å². The zero-order valence-electron chi connectivity index (χ0n) is 10.7. The van der Waals surface area contributed by atoms with Crippen LogP contribution in [0.5, 0.6) is 0 Å². The van der Waals surface area contributed by atoms with Gasteiger partial charge < -0.3 is 9.73 Å². The predicted molar refractivity (Wildman–Crippen MR) is 65.1 cm³/mol. The summed E-state index contributed by atoms with van der Waals surface area (Å²) in [5.41, 5.74) is 2.02. The minimum absolute atomic E-state index is 0.171. The SMILES string of the molecule is CCc1cnc(CNC(=O)c2c(C)n[nH]c2C)o1. The Hall–Kier alpha value is -2.11. The first-order chi connectivity index (χ1) is 8.61. The van der Waals surface area contributed by atoms with Gasteiger partial charge in [-0.2, -0.15) is 5.10 Å². The van der Waals surface area contributed by atoms with Crippen molar-refractivity contribution >= 4 is 5.91 Å². The van der Waals surface area contributed by atoms with E-state index in [0.717, 1.165) is 17.9 Å². The minimum atomic E-state index is -0.171. The van der Waals surface area contributed by atoms with Crippen LogP contribution < -0.4 is 5.32 Å². The van der Waals surface area contributed by atoms with Gasteiger partial charge in [-0.25, -0.2) is 4.98 Å². The van der Waals surface area contributed by atoms with Crippen LogP contribution in [0.4, 0.5) is 0 Å². The van der Waals surface area contributed by atoms with Gasteiger partial charge in [-0.05, 0) is 13.8 Å². The molecule has 0 spiro atoms. The maximum Gasteiger partial charge on any atom is 0.255 e. The fourth-order valence-electron chi connectivity index (χ4n) is 1.72. The lowest BCUT2D eigenvalue weighted by Crippen LogP contribution is -2.24. The number of amides is 1. The van der Waals surface area contributed by atoms with Crippen LogP contribution in [0.15, 0.2) is 10.6 Å². The topological polar surface area (TPSA) is 83.8 Å². The number of nitrogens with zero attached hydrogens (tertiary/aromatic N) is 2. The van der Waals surface area contributed by atoms with Crippen LogP contribution in [-0.4, -0.2) is 21.1 Å². The van der Waals surface area contributed by atoms with Crippen LogP contribution in [-0.2, 0) is 13.0 Å². The normalized spacial score (nSPS) is 10.6. The minimum Gasteiger partial charge on any atom is -0.444 e. The quantitative estimate of drug-likeness (QED) is 0.859. The van der Waals surface area contributed by atoms with Crippen LogP contribution in [0.2, 0.25) is 0 Å². The first-order valence-corrected chi connectivity index (χ1v) is 5.85. The molecule has 0 fully saturated rings. The molecule has 0 saturated carbocycles. The van der Waals surface area contributed by atoms with E-state index >= 15 is 0 Å². The van der Waals surface area contributed by atoms with Gasteiger partial charge in [-0.3, -0.25) is 9.89 Å². The highest BCUT2D eigenvalue weighted by molar-refractivity contribution is 5.96. The van der Waals surface area contributed by atoms with Crippen LogP contribution in [0.1, 0.15) is 40.3 Å². The molecule has 0 unspecified atom stereocenters. The van der Waals surface area contributed by atoms with E-state index < -0.39 is 0 Å². The summed E-state index contributed by atoms with van der Waals surface area (Å²) >= 11 is 0. The van der Waals surface area contributed by atoms with Gasteiger partial charge >= 0.3 is 0 Å². The lowest BCUT2D eigenvalue weighted by molar-refractivity contribution is 0.0946. The van der Waals surface area contributed by atoms with Gasteiger partial charge in [0.05, 0.1) is 24.0 Å². The van der Waals surface area contributed by atoms with Crippen LogP contribution >= 0.6 is 0 Å². The van der Waals surface area contributed by atoms with E-state index in [1.165, 1.54) is 0 Å². The first kappa shape index (κ1) is 12.3. The van der Waals surface area contributed by atoms with Crippen molar-refractivity contribution in [3.8, 4) is 0 Å². The second-order valence-corrected chi connectivity index (χ2v) is 4.07. The third kappa shape index (κ3) is 2.42. The monoisotopic (exact) mass is 248 g/mol. The van der Waals surface area contributed by atoms with E-state index in [4.69, 9.17) is 4.42 Å². The van der Waals surface area contributed by atoms with E-state index in [-0.39, 0.29) is 12.5 Å². The largest absolute Gasteiger partial charge is 0.444 e. The zero-order chi connectivity index (χ0) is 13.1. The molecule has 18 heavy (non-hydrogen) atoms. The number of aryl methyl sites for hydroxylation is 3. The number of rotatable bonds is 4. The molecule has 0 aliphatic rings. The van der Waals surface area contributed by atoms with Gasteiger partial charge in [0.2, 0.25) is 5.89 Å². The summed E-state index contributed by atoms with van der Waals surface area (Å²) in [7, 11) is 0. The van der Waals surface area contributed by atoms with Crippen LogP contribution in [0, 0.1) is 13.8 Å². The number of hydrogen-bond donors (Lipinski definition) is 2. The molecular weight excluding hydrogens is 232 g/mol. The summed E-state index contributed by atoms with van der Waals surface area (Å²) in [4.78, 5) is 16.0. The Balaban J connectivity index is 2.00. The Morgan fingerprint density at radius 3 is 2.83 bits per heavy atom. The standard InChI is InChI=1S/C12H16N4O2/c1-4-9-5-13-10(18-9)6-14-12(17)11-7(2)15-16-8(11)3/h5H,4,6H2,1-3H3,(H,14,17)(H,15,16). The molecule has 0 bridgehead atoms. The fraction of sp³-hybridized carbons (Fsp3) is 0.417. The second-order valence-electron chi connectivity index (χ2n) is 4.07. The van der Waals surface area contributed by atoms with Crippen LogP contribution in [0.25, 0.3) is 0 Å². The van der Waals surface area contributed by atoms with Gasteiger partial charge in [0, 0.05) is 12.1 Å². The highest BCUT2D eigenvalue weighted by Crippen LogP contribution is 2.09. The number of carbonyl (C=O) groups excluding carboxylic acids is 1. The van der Waals surface area contributed by atoms with Crippen molar-refractivity contribution in [3.05, 3.63) is 34.8 Å². The van der Waals surface area contributed by atoms with Gasteiger partial charge in [0.25, 0.3) is 5.91 Å². The van der Waals surface area contributed by atoms with Crippen molar-refractivity contribution in [1.82, 2.24) is 20.5 Å². The Labute approximate surface area is 105 Å². The van der Waals surface area contributed by atoms with Crippen molar-refractivity contribution in [2.75, 3.05) is 0 Å². The molecule has 2 rings (SSSR count). The summed E-state index contributed by atoms with van der Waals surface area (Å²) < 4.78 is 5.41. The maximum absolute atomic E-state index is 12.0. The lowest BCUT2D eigenvalue weighted by Gasteiger charge is -2.02. The highest BCUT2D eigenvalue weighted by Gasteiger charge is 2.15. The molecule has 0 saturated heterocycles. The average Bonchev–Trinajstić information content (AvgIpc) is 2.93. The Morgan fingerprint density at radius 1 is 1.50 bits per heavy atom. The summed E-state index contributed by atoms with van der Waals surface area (Å²) in [5.74, 6) is 1.16. The van der Waals surface area contributed by atoms with Crippen molar-refractivity contribution < 1.29 is 9.21 Å². The van der Waals surface area contributed by atoms with Crippen molar-refractivity contribution in [3.63, 3.8) is 0 Å². The molecule has 96 valence electrons. The molecule has 0 aliphatic carbocycles. The molecular formula is C12H16N4O2. The molecule has 6 nitrogen and oxygen atoms in total. The number of hydrogen-bond acceptors (Lipinski definition) is 4. The number of nitrogens with one attached hydrogen (secondary N) is 2. The van der Waals surface area contributed by atoms with E-state index in [1.54, 1.807) is 13.1 Å². The molecule has 0 atom stereocenters. The fourth-order valence-corrected chi connectivity index (χ4v) is 1.72. The molecule has 2 aromatic heterocycles. The van der Waals surface area contributed by atoms with Gasteiger partial charge in [0.15, 0.2) is 0 Å². The van der Waals surface area contributed by atoms with E-state index in [2.05, 4.69) is 20.5 Å². The summed E-state index contributed by atoms with van der Waals surface area (Å²) in [6, 6.07) is 0. The predicted octanol–water partition coefficient (Wildman–Crippen LogP) is 1.51. The molecule has 2 heterocycles. The molecule has 0 radical (unpaired) electrons. The van der Waals surface area contributed by atoms with Gasteiger partial charge in [-0.15, -0.1) is 0 Å². The number of H-pyrrole nitrogens is 1. The number of aromatic nitrogens is 3. The lowest BCUT2D eigenvalue weighted by atomic mass is 10.2. The first-order valence-electron chi connectivity index (χ1n) is 5.85. The molecule has 0 aliphatic heterocycles. The molecule has 1 amide bonds. The maximum atomic E-state index is 12.0. The molecule has 0 aromatic carbocycles. The van der Waals surface area contributed by atoms with E-state index in [0.29, 0.717) is 17.1 Å². The Kier molecular flexibility index (Phi) is 3.45. The summed E-state index contributed by atoms with van der Waals surface area (Å²) in [5, 5.41) is 9.53. The summed E-state index contributed by atoms with van der Waals surface area (Å²) in [6.45, 7) is 5.87. The van der Waals surface area contributed by atoms with Crippen LogP contribution in [0.3, 0.4) is 0 Å². The molecule has 6 heteroatoms. The number of oxazole rings is 1. The Morgan fingerprint density at radius 2 is 2.28 bits per heavy atom. The van der Waals surface area contributed by atoms with Crippen molar-refractivity contribution in [2.24, 2.45) is 0 Å². The van der Waals surface area contributed by atoms with Crippen molar-refractivity contribution in [1.29, 1.82) is 0 Å². The van der Waals surface area contributed by atoms with Crippen molar-refractivity contribution in [2.45, 2.75) is 33.7 Å². The third-order valence-corrected chi connectivity index (χ3v) is 2.71. The highest BCUT2D eigenvalue weighted by atomic mass is 16.4.